The van der Waals surface area contributed by atoms with E-state index in [0.29, 0.717) is 16.8 Å². The van der Waals surface area contributed by atoms with Crippen molar-refractivity contribution in [1.82, 2.24) is 0 Å². The Kier molecular flexibility index (Phi) is 5.90. The second-order valence-electron chi connectivity index (χ2n) is 9.84. The molecule has 3 aromatic rings. The summed E-state index contributed by atoms with van der Waals surface area (Å²) in [6, 6.07) is 17.8. The molecule has 1 saturated heterocycles. The fourth-order valence-corrected chi connectivity index (χ4v) is 4.33. The fraction of sp³-hybridized carbons (Fsp3) is 0.241. The highest BCUT2D eigenvalue weighted by Crippen LogP contribution is 2.43. The molecule has 174 valence electrons. The lowest BCUT2D eigenvalue weighted by Crippen LogP contribution is -2.29. The van der Waals surface area contributed by atoms with E-state index in [0.717, 1.165) is 16.7 Å². The topological polar surface area (TPSA) is 57.6 Å². The number of nitrogens with zero attached hydrogens (tertiary/aromatic N) is 1. The molecule has 4 nitrogen and oxygen atoms in total. The molecule has 0 aromatic heterocycles. The fourth-order valence-electron chi connectivity index (χ4n) is 4.33. The van der Waals surface area contributed by atoms with Crippen LogP contribution in [0.5, 0.6) is 0 Å². The molecular weight excluding hydrogens is 429 g/mol. The Labute approximate surface area is 199 Å². The quantitative estimate of drug-likeness (QED) is 0.283. The first-order valence-electron chi connectivity index (χ1n) is 11.2. The van der Waals surface area contributed by atoms with Crippen LogP contribution in [0.15, 0.2) is 72.3 Å². The van der Waals surface area contributed by atoms with E-state index in [1.54, 1.807) is 18.2 Å². The van der Waals surface area contributed by atoms with E-state index in [2.05, 4.69) is 20.8 Å². The third-order valence-corrected chi connectivity index (χ3v) is 6.27. The van der Waals surface area contributed by atoms with E-state index in [4.69, 9.17) is 0 Å². The van der Waals surface area contributed by atoms with E-state index in [1.807, 2.05) is 50.2 Å². The number of hydrogen-bond donors (Lipinski definition) is 1. The molecule has 0 spiro atoms. The van der Waals surface area contributed by atoms with E-state index in [9.17, 15) is 19.1 Å². The van der Waals surface area contributed by atoms with Crippen molar-refractivity contribution in [2.75, 3.05) is 4.90 Å². The van der Waals surface area contributed by atoms with Crippen molar-refractivity contribution in [3.8, 4) is 0 Å². The number of aliphatic hydroxyl groups is 1. The SMILES string of the molecule is Cc1cccc(N2C(=O)C(=O)/C(=C(/O)c3cc(C(C)(C)C)ccc3C)C2c2ccc(F)cc2)c1. The van der Waals surface area contributed by atoms with Crippen molar-refractivity contribution in [3.63, 3.8) is 0 Å². The van der Waals surface area contributed by atoms with Gasteiger partial charge in [0.25, 0.3) is 11.7 Å². The Bertz CT molecular complexity index is 1320. The van der Waals surface area contributed by atoms with Crippen LogP contribution in [0.2, 0.25) is 0 Å². The minimum absolute atomic E-state index is 0.00715. The van der Waals surface area contributed by atoms with Crippen LogP contribution in [-0.2, 0) is 15.0 Å². The van der Waals surface area contributed by atoms with Crippen LogP contribution in [0.1, 0.15) is 54.6 Å². The van der Waals surface area contributed by atoms with Gasteiger partial charge in [-0.2, -0.15) is 0 Å². The molecule has 1 N–H and O–H groups in total. The van der Waals surface area contributed by atoms with Gasteiger partial charge in [0, 0.05) is 11.3 Å². The summed E-state index contributed by atoms with van der Waals surface area (Å²) in [4.78, 5) is 28.0. The summed E-state index contributed by atoms with van der Waals surface area (Å²) in [6.45, 7) is 9.95. The van der Waals surface area contributed by atoms with Crippen molar-refractivity contribution in [2.45, 2.75) is 46.1 Å². The third kappa shape index (κ3) is 4.14. The van der Waals surface area contributed by atoms with E-state index < -0.39 is 23.5 Å². The van der Waals surface area contributed by atoms with Crippen molar-refractivity contribution >= 4 is 23.1 Å². The number of hydrogen-bond acceptors (Lipinski definition) is 3. The van der Waals surface area contributed by atoms with Crippen LogP contribution in [0.4, 0.5) is 10.1 Å². The van der Waals surface area contributed by atoms with Crippen molar-refractivity contribution < 1.29 is 19.1 Å². The molecule has 1 aliphatic rings. The maximum atomic E-state index is 13.7. The molecule has 0 radical (unpaired) electrons. The lowest BCUT2D eigenvalue weighted by atomic mass is 9.84. The number of carbonyl (C=O) groups is 2. The zero-order chi connectivity index (χ0) is 24.8. The maximum Gasteiger partial charge on any atom is 0.300 e. The summed E-state index contributed by atoms with van der Waals surface area (Å²) in [5.41, 5.74) is 4.09. The molecule has 3 aromatic carbocycles. The van der Waals surface area contributed by atoms with Gasteiger partial charge >= 0.3 is 0 Å². The molecule has 1 fully saturated rings. The van der Waals surface area contributed by atoms with E-state index >= 15 is 0 Å². The van der Waals surface area contributed by atoms with Crippen LogP contribution < -0.4 is 4.90 Å². The van der Waals surface area contributed by atoms with Crippen LogP contribution in [0.25, 0.3) is 5.76 Å². The number of Topliss-reactive ketones (excluding diaryl/α,β-unsaturated/α-hetero) is 1. The van der Waals surface area contributed by atoms with Gasteiger partial charge in [-0.05, 0) is 71.8 Å². The summed E-state index contributed by atoms with van der Waals surface area (Å²) in [6.07, 6.45) is 0. The average molecular weight is 458 g/mol. The molecule has 5 heteroatoms. The first-order valence-corrected chi connectivity index (χ1v) is 11.2. The van der Waals surface area contributed by atoms with Gasteiger partial charge in [0.15, 0.2) is 0 Å². The second-order valence-corrected chi connectivity index (χ2v) is 9.84. The molecular formula is C29H28FNO3. The zero-order valence-electron chi connectivity index (χ0n) is 20.0. The normalized spacial score (nSPS) is 17.9. The number of halogens is 1. The Morgan fingerprint density at radius 1 is 0.941 bits per heavy atom. The first kappa shape index (κ1) is 23.4. The predicted molar refractivity (Wildman–Crippen MR) is 132 cm³/mol. The lowest BCUT2D eigenvalue weighted by molar-refractivity contribution is -0.132. The Balaban J connectivity index is 1.98. The van der Waals surface area contributed by atoms with Crippen LogP contribution in [-0.4, -0.2) is 16.8 Å². The molecule has 34 heavy (non-hydrogen) atoms. The Morgan fingerprint density at radius 3 is 2.24 bits per heavy atom. The molecule has 1 atom stereocenters. The van der Waals surface area contributed by atoms with Crippen LogP contribution in [0, 0.1) is 19.7 Å². The molecule has 1 heterocycles. The summed E-state index contributed by atoms with van der Waals surface area (Å²) in [5.74, 6) is -2.16. The smallest absolute Gasteiger partial charge is 0.300 e. The Morgan fingerprint density at radius 2 is 1.62 bits per heavy atom. The van der Waals surface area contributed by atoms with Crippen LogP contribution in [0.3, 0.4) is 0 Å². The first-order chi connectivity index (χ1) is 16.0. The number of ketones is 1. The van der Waals surface area contributed by atoms with Gasteiger partial charge in [-0.1, -0.05) is 57.2 Å². The number of aryl methyl sites for hydroxylation is 2. The largest absolute Gasteiger partial charge is 0.507 e. The summed E-state index contributed by atoms with van der Waals surface area (Å²) >= 11 is 0. The molecule has 4 rings (SSSR count). The van der Waals surface area contributed by atoms with Crippen molar-refractivity contribution in [2.24, 2.45) is 0 Å². The number of rotatable bonds is 3. The molecule has 0 saturated carbocycles. The van der Waals surface area contributed by atoms with E-state index in [-0.39, 0.29) is 16.7 Å². The van der Waals surface area contributed by atoms with Crippen LogP contribution >= 0.6 is 0 Å². The summed E-state index contributed by atoms with van der Waals surface area (Å²) in [7, 11) is 0. The minimum atomic E-state index is -0.889. The number of anilines is 1. The van der Waals surface area contributed by atoms with Gasteiger partial charge < -0.3 is 5.11 Å². The van der Waals surface area contributed by atoms with Crippen molar-refractivity contribution in [1.29, 1.82) is 0 Å². The molecule has 0 aliphatic carbocycles. The minimum Gasteiger partial charge on any atom is -0.507 e. The standard InChI is InChI=1S/C29H28FNO3/c1-17-7-6-8-22(15-17)31-25(19-10-13-21(30)14-11-19)24(27(33)28(31)34)26(32)23-16-20(29(3,4)5)12-9-18(23)2/h6-16,25,32H,1-5H3/b26-24+. The van der Waals surface area contributed by atoms with Gasteiger partial charge in [0.2, 0.25) is 0 Å². The number of benzene rings is 3. The number of amides is 1. The molecule has 1 aliphatic heterocycles. The van der Waals surface area contributed by atoms with Crippen molar-refractivity contribution in [3.05, 3.63) is 106 Å². The van der Waals surface area contributed by atoms with Gasteiger partial charge in [-0.3, -0.25) is 14.5 Å². The lowest BCUT2D eigenvalue weighted by Gasteiger charge is -2.26. The highest BCUT2D eigenvalue weighted by atomic mass is 19.1. The molecule has 0 bridgehead atoms. The monoisotopic (exact) mass is 457 g/mol. The van der Waals surface area contributed by atoms with Gasteiger partial charge in [0.05, 0.1) is 11.6 Å². The van der Waals surface area contributed by atoms with Gasteiger partial charge in [-0.25, -0.2) is 4.39 Å². The van der Waals surface area contributed by atoms with E-state index in [1.165, 1.54) is 17.0 Å². The average Bonchev–Trinajstić information content (AvgIpc) is 3.04. The molecule has 1 unspecified atom stereocenters. The third-order valence-electron chi connectivity index (χ3n) is 6.27. The Hall–Kier alpha value is -3.73. The number of carbonyl (C=O) groups excluding carboxylic acids is 2. The summed E-state index contributed by atoms with van der Waals surface area (Å²) < 4.78 is 13.7. The predicted octanol–water partition coefficient (Wildman–Crippen LogP) is 6.37. The summed E-state index contributed by atoms with van der Waals surface area (Å²) in [5, 5.41) is 11.5. The molecule has 1 amide bonds. The maximum absolute atomic E-state index is 13.7. The van der Waals surface area contributed by atoms with Gasteiger partial charge in [0.1, 0.15) is 11.6 Å². The highest BCUT2D eigenvalue weighted by Gasteiger charge is 2.47. The zero-order valence-corrected chi connectivity index (χ0v) is 20.0. The van der Waals surface area contributed by atoms with Gasteiger partial charge in [-0.15, -0.1) is 0 Å². The second kappa shape index (κ2) is 8.56. The highest BCUT2D eigenvalue weighted by molar-refractivity contribution is 6.51. The number of aliphatic hydroxyl groups excluding tert-OH is 1.